The standard InChI is InChI=1S/C15H24N4O2/c1-12-3-4-14(16-11-12)19-7-5-13(6-8-19)17-15(21)18(2)9-10-20/h3-4,11,13,20H,5-10H2,1-2H3,(H,17,21). The maximum atomic E-state index is 11.9. The number of piperidine rings is 1. The van der Waals surface area contributed by atoms with Gasteiger partial charge >= 0.3 is 6.03 Å². The minimum atomic E-state index is -0.115. The minimum absolute atomic E-state index is 0.0124. The van der Waals surface area contributed by atoms with E-state index in [4.69, 9.17) is 5.11 Å². The molecule has 1 fully saturated rings. The van der Waals surface area contributed by atoms with Crippen LogP contribution in [0.15, 0.2) is 18.3 Å². The van der Waals surface area contributed by atoms with Crippen LogP contribution in [0.3, 0.4) is 0 Å². The number of carbonyl (C=O) groups excluding carboxylic acids is 1. The minimum Gasteiger partial charge on any atom is -0.395 e. The highest BCUT2D eigenvalue weighted by Crippen LogP contribution is 2.18. The first-order valence-corrected chi connectivity index (χ1v) is 7.40. The van der Waals surface area contributed by atoms with Crippen LogP contribution in [0, 0.1) is 6.92 Å². The van der Waals surface area contributed by atoms with Gasteiger partial charge in [0.1, 0.15) is 5.82 Å². The molecule has 0 saturated carbocycles. The van der Waals surface area contributed by atoms with Crippen molar-refractivity contribution in [3.8, 4) is 0 Å². The molecule has 2 N–H and O–H groups in total. The van der Waals surface area contributed by atoms with Gasteiger partial charge in [0.05, 0.1) is 6.61 Å². The van der Waals surface area contributed by atoms with Crippen LogP contribution >= 0.6 is 0 Å². The molecule has 0 aliphatic carbocycles. The number of pyridine rings is 1. The van der Waals surface area contributed by atoms with E-state index in [1.54, 1.807) is 7.05 Å². The lowest BCUT2D eigenvalue weighted by atomic mass is 10.1. The second-order valence-corrected chi connectivity index (χ2v) is 5.55. The number of hydrogen-bond acceptors (Lipinski definition) is 4. The summed E-state index contributed by atoms with van der Waals surface area (Å²) in [5.41, 5.74) is 1.16. The fraction of sp³-hybridized carbons (Fsp3) is 0.600. The third-order valence-electron chi connectivity index (χ3n) is 3.82. The van der Waals surface area contributed by atoms with Crippen LogP contribution in [0.1, 0.15) is 18.4 Å². The van der Waals surface area contributed by atoms with Gasteiger partial charge in [-0.2, -0.15) is 0 Å². The molecule has 1 aliphatic rings. The van der Waals surface area contributed by atoms with E-state index in [2.05, 4.69) is 21.3 Å². The van der Waals surface area contributed by atoms with Crippen LogP contribution in [0.4, 0.5) is 10.6 Å². The first-order valence-electron chi connectivity index (χ1n) is 7.40. The number of hydrogen-bond donors (Lipinski definition) is 2. The van der Waals surface area contributed by atoms with Crippen molar-refractivity contribution >= 4 is 11.8 Å². The molecule has 2 amide bonds. The Morgan fingerprint density at radius 1 is 1.48 bits per heavy atom. The van der Waals surface area contributed by atoms with Gasteiger partial charge in [-0.3, -0.25) is 0 Å². The Labute approximate surface area is 125 Å². The van der Waals surface area contributed by atoms with Gasteiger partial charge in [0.15, 0.2) is 0 Å². The summed E-state index contributed by atoms with van der Waals surface area (Å²) in [6, 6.07) is 4.19. The molecule has 2 heterocycles. The Kier molecular flexibility index (Phi) is 5.38. The van der Waals surface area contributed by atoms with Crippen LogP contribution in [-0.4, -0.2) is 60.4 Å². The van der Waals surface area contributed by atoms with Crippen molar-refractivity contribution in [2.45, 2.75) is 25.8 Å². The second-order valence-electron chi connectivity index (χ2n) is 5.55. The van der Waals surface area contributed by atoms with Crippen molar-refractivity contribution in [3.63, 3.8) is 0 Å². The van der Waals surface area contributed by atoms with Crippen molar-refractivity contribution in [2.75, 3.05) is 38.2 Å². The van der Waals surface area contributed by atoms with Gasteiger partial charge in [0.2, 0.25) is 0 Å². The zero-order valence-electron chi connectivity index (χ0n) is 12.7. The number of urea groups is 1. The molecule has 0 aromatic carbocycles. The average molecular weight is 292 g/mol. The van der Waals surface area contributed by atoms with E-state index in [9.17, 15) is 4.79 Å². The summed E-state index contributed by atoms with van der Waals surface area (Å²) >= 11 is 0. The number of carbonyl (C=O) groups is 1. The summed E-state index contributed by atoms with van der Waals surface area (Å²) in [6.07, 6.45) is 3.70. The van der Waals surface area contributed by atoms with Crippen LogP contribution in [0.25, 0.3) is 0 Å². The molecule has 6 heteroatoms. The molecule has 0 spiro atoms. The highest BCUT2D eigenvalue weighted by Gasteiger charge is 2.22. The third kappa shape index (κ3) is 4.32. The number of nitrogens with zero attached hydrogens (tertiary/aromatic N) is 3. The quantitative estimate of drug-likeness (QED) is 0.868. The number of nitrogens with one attached hydrogen (secondary N) is 1. The summed E-state index contributed by atoms with van der Waals surface area (Å²) < 4.78 is 0. The topological polar surface area (TPSA) is 68.7 Å². The summed E-state index contributed by atoms with van der Waals surface area (Å²) in [4.78, 5) is 20.1. The highest BCUT2D eigenvalue weighted by molar-refractivity contribution is 5.74. The Hall–Kier alpha value is -1.82. The summed E-state index contributed by atoms with van der Waals surface area (Å²) in [5, 5.41) is 11.8. The molecule has 0 bridgehead atoms. The molecule has 0 atom stereocenters. The van der Waals surface area contributed by atoms with Crippen molar-refractivity contribution in [1.29, 1.82) is 0 Å². The number of aliphatic hydroxyl groups is 1. The lowest BCUT2D eigenvalue weighted by Crippen LogP contribution is -2.49. The van der Waals surface area contributed by atoms with Gasteiger partial charge in [-0.05, 0) is 31.4 Å². The fourth-order valence-corrected chi connectivity index (χ4v) is 2.44. The maximum Gasteiger partial charge on any atom is 0.317 e. The average Bonchev–Trinajstić information content (AvgIpc) is 2.49. The van der Waals surface area contributed by atoms with Gasteiger partial charge < -0.3 is 20.2 Å². The van der Waals surface area contributed by atoms with Crippen LogP contribution < -0.4 is 10.2 Å². The monoisotopic (exact) mass is 292 g/mol. The van der Waals surface area contributed by atoms with Gasteiger partial charge in [-0.1, -0.05) is 6.07 Å². The zero-order chi connectivity index (χ0) is 15.2. The summed E-state index contributed by atoms with van der Waals surface area (Å²) in [5.74, 6) is 1.00. The molecule has 116 valence electrons. The lowest BCUT2D eigenvalue weighted by molar-refractivity contribution is 0.185. The van der Waals surface area contributed by atoms with E-state index >= 15 is 0 Å². The molecule has 1 aromatic rings. The molecular weight excluding hydrogens is 268 g/mol. The maximum absolute atomic E-state index is 11.9. The van der Waals surface area contributed by atoms with Crippen LogP contribution in [0.2, 0.25) is 0 Å². The van der Waals surface area contributed by atoms with Crippen molar-refractivity contribution < 1.29 is 9.90 Å². The van der Waals surface area contributed by atoms with E-state index in [0.29, 0.717) is 6.54 Å². The Bertz CT molecular complexity index is 455. The molecule has 6 nitrogen and oxygen atoms in total. The largest absolute Gasteiger partial charge is 0.395 e. The van der Waals surface area contributed by atoms with Gasteiger partial charge in [-0.25, -0.2) is 9.78 Å². The van der Waals surface area contributed by atoms with Gasteiger partial charge in [0.25, 0.3) is 0 Å². The fourth-order valence-electron chi connectivity index (χ4n) is 2.44. The molecule has 1 saturated heterocycles. The molecule has 0 radical (unpaired) electrons. The summed E-state index contributed by atoms with van der Waals surface area (Å²) in [7, 11) is 1.69. The van der Waals surface area contributed by atoms with E-state index in [1.165, 1.54) is 4.90 Å². The number of likely N-dealkylation sites (N-methyl/N-ethyl adjacent to an activating group) is 1. The SMILES string of the molecule is Cc1ccc(N2CCC(NC(=O)N(C)CCO)CC2)nc1. The van der Waals surface area contributed by atoms with Gasteiger partial charge in [-0.15, -0.1) is 0 Å². The number of aromatic nitrogens is 1. The number of aliphatic hydroxyl groups excluding tert-OH is 1. The lowest BCUT2D eigenvalue weighted by Gasteiger charge is -2.34. The number of rotatable bonds is 4. The Morgan fingerprint density at radius 3 is 2.76 bits per heavy atom. The van der Waals surface area contributed by atoms with Crippen molar-refractivity contribution in [3.05, 3.63) is 23.9 Å². The predicted molar refractivity (Wildman–Crippen MR) is 82.5 cm³/mol. The summed E-state index contributed by atoms with van der Waals surface area (Å²) in [6.45, 7) is 4.16. The normalized spacial score (nSPS) is 15.9. The second kappa shape index (κ2) is 7.26. The number of aryl methyl sites for hydroxylation is 1. The first-order chi connectivity index (χ1) is 10.1. The molecule has 2 rings (SSSR count). The van der Waals surface area contributed by atoms with E-state index in [-0.39, 0.29) is 18.7 Å². The molecule has 1 aromatic heterocycles. The van der Waals surface area contributed by atoms with Crippen LogP contribution in [-0.2, 0) is 0 Å². The van der Waals surface area contributed by atoms with Crippen molar-refractivity contribution in [1.82, 2.24) is 15.2 Å². The smallest absolute Gasteiger partial charge is 0.317 e. The number of anilines is 1. The Balaban J connectivity index is 1.80. The van der Waals surface area contributed by atoms with E-state index in [1.807, 2.05) is 19.2 Å². The third-order valence-corrected chi connectivity index (χ3v) is 3.82. The Morgan fingerprint density at radius 2 is 2.19 bits per heavy atom. The highest BCUT2D eigenvalue weighted by atomic mass is 16.3. The zero-order valence-corrected chi connectivity index (χ0v) is 12.7. The van der Waals surface area contributed by atoms with E-state index < -0.39 is 0 Å². The first kappa shape index (κ1) is 15.6. The predicted octanol–water partition coefficient (Wildman–Crippen LogP) is 0.993. The number of amides is 2. The molecule has 21 heavy (non-hydrogen) atoms. The molecule has 1 aliphatic heterocycles. The van der Waals surface area contributed by atoms with Gasteiger partial charge in [0, 0.05) is 38.9 Å². The molecule has 0 unspecified atom stereocenters. The van der Waals surface area contributed by atoms with Crippen molar-refractivity contribution in [2.24, 2.45) is 0 Å². The van der Waals surface area contributed by atoms with E-state index in [0.717, 1.165) is 37.3 Å². The molecular formula is C15H24N4O2. The van der Waals surface area contributed by atoms with Crippen LogP contribution in [0.5, 0.6) is 0 Å².